The Morgan fingerprint density at radius 2 is 1.90 bits per heavy atom. The van der Waals surface area contributed by atoms with Crippen molar-refractivity contribution in [1.29, 1.82) is 0 Å². The van der Waals surface area contributed by atoms with E-state index in [1.54, 1.807) is 7.11 Å². The minimum atomic E-state index is 0.280. The van der Waals surface area contributed by atoms with Gasteiger partial charge < -0.3 is 10.1 Å². The summed E-state index contributed by atoms with van der Waals surface area (Å²) in [6, 6.07) is 17.0. The highest BCUT2D eigenvalue weighted by atomic mass is 79.9. The Labute approximate surface area is 129 Å². The number of hydrogen-bond donors (Lipinski definition) is 1. The average molecular weight is 334 g/mol. The molecule has 0 aromatic heterocycles. The summed E-state index contributed by atoms with van der Waals surface area (Å²) in [6.45, 7) is 0. The summed E-state index contributed by atoms with van der Waals surface area (Å²) < 4.78 is 6.55. The highest BCUT2D eigenvalue weighted by molar-refractivity contribution is 9.10. The van der Waals surface area contributed by atoms with Crippen molar-refractivity contribution in [3.63, 3.8) is 0 Å². The fourth-order valence-corrected chi connectivity index (χ4v) is 2.77. The van der Waals surface area contributed by atoms with Crippen molar-refractivity contribution in [3.8, 4) is 5.75 Å². The topological polar surface area (TPSA) is 21.3 Å². The third-order valence-corrected chi connectivity index (χ3v) is 3.97. The van der Waals surface area contributed by atoms with E-state index >= 15 is 0 Å². The summed E-state index contributed by atoms with van der Waals surface area (Å²) in [4.78, 5) is 0. The van der Waals surface area contributed by atoms with Crippen LogP contribution in [-0.2, 0) is 6.42 Å². The first-order valence-corrected chi connectivity index (χ1v) is 7.58. The fraction of sp³-hybridized carbons (Fsp3) is 0.294. The van der Waals surface area contributed by atoms with Crippen LogP contribution in [0.15, 0.2) is 53.0 Å². The molecule has 20 heavy (non-hydrogen) atoms. The molecule has 0 amide bonds. The van der Waals surface area contributed by atoms with Gasteiger partial charge in [0.1, 0.15) is 5.75 Å². The predicted octanol–water partition coefficient (Wildman–Crippen LogP) is 4.35. The molecule has 2 aromatic rings. The van der Waals surface area contributed by atoms with E-state index < -0.39 is 0 Å². The number of halogens is 1. The van der Waals surface area contributed by atoms with Crippen molar-refractivity contribution in [2.45, 2.75) is 18.9 Å². The molecular formula is C17H20BrNO. The van der Waals surface area contributed by atoms with Gasteiger partial charge in [-0.25, -0.2) is 0 Å². The quantitative estimate of drug-likeness (QED) is 0.848. The average Bonchev–Trinajstić information content (AvgIpc) is 2.49. The molecule has 0 aliphatic heterocycles. The number of rotatable bonds is 6. The zero-order chi connectivity index (χ0) is 14.4. The zero-order valence-electron chi connectivity index (χ0n) is 11.9. The van der Waals surface area contributed by atoms with Gasteiger partial charge in [-0.15, -0.1) is 0 Å². The van der Waals surface area contributed by atoms with Crippen LogP contribution in [0.4, 0.5) is 0 Å². The molecule has 0 heterocycles. The number of nitrogens with one attached hydrogen (secondary N) is 1. The second-order valence-corrected chi connectivity index (χ2v) is 5.67. The van der Waals surface area contributed by atoms with E-state index in [2.05, 4.69) is 57.6 Å². The van der Waals surface area contributed by atoms with E-state index in [9.17, 15) is 0 Å². The Morgan fingerprint density at radius 3 is 2.55 bits per heavy atom. The third-order valence-electron chi connectivity index (χ3n) is 3.48. The second-order valence-electron chi connectivity index (χ2n) is 4.75. The molecular weight excluding hydrogens is 314 g/mol. The van der Waals surface area contributed by atoms with Gasteiger partial charge in [-0.2, -0.15) is 0 Å². The molecule has 2 nitrogen and oxygen atoms in total. The normalized spacial score (nSPS) is 12.2. The predicted molar refractivity (Wildman–Crippen MR) is 87.3 cm³/mol. The molecule has 2 aromatic carbocycles. The lowest BCUT2D eigenvalue weighted by Gasteiger charge is -2.20. The molecule has 0 fully saturated rings. The smallest absolute Gasteiger partial charge is 0.123 e. The molecule has 3 heteroatoms. The number of aryl methyl sites for hydroxylation is 1. The van der Waals surface area contributed by atoms with Crippen molar-refractivity contribution < 1.29 is 4.74 Å². The molecule has 0 saturated heterocycles. The Hall–Kier alpha value is -1.32. The van der Waals surface area contributed by atoms with Crippen LogP contribution < -0.4 is 10.1 Å². The Bertz CT molecular complexity index is 542. The number of ether oxygens (including phenoxy) is 1. The summed E-state index contributed by atoms with van der Waals surface area (Å²) in [5, 5.41) is 3.39. The Balaban J connectivity index is 2.14. The number of benzene rings is 2. The minimum absolute atomic E-state index is 0.280. The van der Waals surface area contributed by atoms with Crippen molar-refractivity contribution in [1.82, 2.24) is 5.32 Å². The lowest BCUT2D eigenvalue weighted by molar-refractivity contribution is 0.398. The highest BCUT2D eigenvalue weighted by Crippen LogP contribution is 2.30. The van der Waals surface area contributed by atoms with E-state index in [1.807, 2.05) is 19.2 Å². The molecule has 2 rings (SSSR count). The summed E-state index contributed by atoms with van der Waals surface area (Å²) in [7, 11) is 3.71. The first-order chi connectivity index (χ1) is 9.74. The molecule has 0 radical (unpaired) electrons. The maximum Gasteiger partial charge on any atom is 0.123 e. The maximum atomic E-state index is 5.47. The van der Waals surface area contributed by atoms with Crippen LogP contribution in [0.2, 0.25) is 0 Å². The van der Waals surface area contributed by atoms with Gasteiger partial charge in [0.15, 0.2) is 0 Å². The van der Waals surface area contributed by atoms with E-state index in [1.165, 1.54) is 11.1 Å². The van der Waals surface area contributed by atoms with Gasteiger partial charge in [-0.05, 0) is 43.7 Å². The molecule has 1 N–H and O–H groups in total. The van der Waals surface area contributed by atoms with Gasteiger partial charge in [0.2, 0.25) is 0 Å². The van der Waals surface area contributed by atoms with Gasteiger partial charge in [0.25, 0.3) is 0 Å². The monoisotopic (exact) mass is 333 g/mol. The van der Waals surface area contributed by atoms with Gasteiger partial charge in [-0.1, -0.05) is 46.3 Å². The van der Waals surface area contributed by atoms with Gasteiger partial charge in [0, 0.05) is 16.1 Å². The largest absolute Gasteiger partial charge is 0.496 e. The van der Waals surface area contributed by atoms with E-state index in [0.717, 1.165) is 23.1 Å². The van der Waals surface area contributed by atoms with Crippen molar-refractivity contribution in [2.24, 2.45) is 0 Å². The van der Waals surface area contributed by atoms with Crippen LogP contribution >= 0.6 is 15.9 Å². The lowest BCUT2D eigenvalue weighted by atomic mass is 9.98. The number of methoxy groups -OCH3 is 1. The van der Waals surface area contributed by atoms with Crippen LogP contribution in [-0.4, -0.2) is 14.2 Å². The van der Waals surface area contributed by atoms with Crippen molar-refractivity contribution in [2.75, 3.05) is 14.2 Å². The molecule has 1 unspecified atom stereocenters. The van der Waals surface area contributed by atoms with Crippen LogP contribution in [0, 0.1) is 0 Å². The van der Waals surface area contributed by atoms with Crippen LogP contribution in [0.1, 0.15) is 23.6 Å². The summed E-state index contributed by atoms with van der Waals surface area (Å²) in [5.74, 6) is 0.931. The standard InChI is InChI=1S/C17H20BrNO/c1-19-16(10-8-13-6-4-3-5-7-13)15-12-14(18)9-11-17(15)20-2/h3-7,9,11-12,16,19H,8,10H2,1-2H3. The molecule has 0 aliphatic rings. The third kappa shape index (κ3) is 3.84. The Kier molecular flexibility index (Phi) is 5.62. The molecule has 0 spiro atoms. The van der Waals surface area contributed by atoms with Crippen LogP contribution in [0.5, 0.6) is 5.75 Å². The van der Waals surface area contributed by atoms with Crippen LogP contribution in [0.25, 0.3) is 0 Å². The molecule has 106 valence electrons. The van der Waals surface area contributed by atoms with Crippen molar-refractivity contribution >= 4 is 15.9 Å². The van der Waals surface area contributed by atoms with Gasteiger partial charge in [0.05, 0.1) is 7.11 Å². The summed E-state index contributed by atoms with van der Waals surface area (Å²) >= 11 is 3.54. The molecule has 0 bridgehead atoms. The lowest BCUT2D eigenvalue weighted by Crippen LogP contribution is -2.18. The summed E-state index contributed by atoms with van der Waals surface area (Å²) in [5.41, 5.74) is 2.56. The molecule has 0 saturated carbocycles. The maximum absolute atomic E-state index is 5.47. The van der Waals surface area contributed by atoms with Gasteiger partial charge >= 0.3 is 0 Å². The number of hydrogen-bond acceptors (Lipinski definition) is 2. The Morgan fingerprint density at radius 1 is 1.15 bits per heavy atom. The summed E-state index contributed by atoms with van der Waals surface area (Å²) in [6.07, 6.45) is 2.08. The van der Waals surface area contributed by atoms with E-state index in [4.69, 9.17) is 4.74 Å². The molecule has 0 aliphatic carbocycles. The van der Waals surface area contributed by atoms with Gasteiger partial charge in [-0.3, -0.25) is 0 Å². The first-order valence-electron chi connectivity index (χ1n) is 6.79. The zero-order valence-corrected chi connectivity index (χ0v) is 13.5. The first kappa shape index (κ1) is 15.1. The van der Waals surface area contributed by atoms with E-state index in [-0.39, 0.29) is 6.04 Å². The van der Waals surface area contributed by atoms with E-state index in [0.29, 0.717) is 0 Å². The highest BCUT2D eigenvalue weighted by Gasteiger charge is 2.14. The second kappa shape index (κ2) is 7.46. The SMILES string of the molecule is CNC(CCc1ccccc1)c1cc(Br)ccc1OC. The molecule has 1 atom stereocenters. The van der Waals surface area contributed by atoms with Crippen LogP contribution in [0.3, 0.4) is 0 Å². The fourth-order valence-electron chi connectivity index (χ4n) is 2.39. The van der Waals surface area contributed by atoms with Crippen molar-refractivity contribution in [3.05, 3.63) is 64.1 Å². The minimum Gasteiger partial charge on any atom is -0.496 e.